The van der Waals surface area contributed by atoms with E-state index in [1.54, 1.807) is 30.2 Å². The summed E-state index contributed by atoms with van der Waals surface area (Å²) < 4.78 is 18.8. The molecule has 1 saturated heterocycles. The van der Waals surface area contributed by atoms with Crippen molar-refractivity contribution >= 4 is 23.2 Å². The predicted octanol–water partition coefficient (Wildman–Crippen LogP) is 1.97. The standard InChI is InChI=1S/C19H22FN3O3S/c1-26-16-5-4-15(20)11-14(16)13-22-6-8-23(9-7-22)18(24)12-21-19(25)17-3-2-10-27-17/h2-5,10-11H,6-9,12-13H2,1H3,(H,21,25). The Balaban J connectivity index is 1.46. The van der Waals surface area contributed by atoms with Gasteiger partial charge in [-0.2, -0.15) is 0 Å². The smallest absolute Gasteiger partial charge is 0.261 e. The lowest BCUT2D eigenvalue weighted by Crippen LogP contribution is -2.50. The molecule has 2 aromatic rings. The summed E-state index contributed by atoms with van der Waals surface area (Å²) in [6.45, 7) is 3.08. The second-order valence-electron chi connectivity index (χ2n) is 6.27. The van der Waals surface area contributed by atoms with Crippen LogP contribution in [0, 0.1) is 5.82 Å². The van der Waals surface area contributed by atoms with Gasteiger partial charge in [-0.05, 0) is 29.6 Å². The number of benzene rings is 1. The van der Waals surface area contributed by atoms with Gasteiger partial charge in [0.25, 0.3) is 5.91 Å². The van der Waals surface area contributed by atoms with E-state index in [9.17, 15) is 14.0 Å². The molecule has 6 nitrogen and oxygen atoms in total. The number of methoxy groups -OCH3 is 1. The average molecular weight is 391 g/mol. The summed E-state index contributed by atoms with van der Waals surface area (Å²) in [6, 6.07) is 8.01. The van der Waals surface area contributed by atoms with E-state index in [-0.39, 0.29) is 24.2 Å². The molecule has 3 rings (SSSR count). The number of nitrogens with zero attached hydrogens (tertiary/aromatic N) is 2. The molecule has 1 fully saturated rings. The number of nitrogens with one attached hydrogen (secondary N) is 1. The van der Waals surface area contributed by atoms with E-state index in [1.807, 2.05) is 5.38 Å². The molecule has 1 aliphatic rings. The van der Waals surface area contributed by atoms with Crippen LogP contribution in [-0.4, -0.2) is 61.4 Å². The van der Waals surface area contributed by atoms with E-state index in [0.29, 0.717) is 43.4 Å². The first-order chi connectivity index (χ1) is 13.1. The molecule has 144 valence electrons. The summed E-state index contributed by atoms with van der Waals surface area (Å²) in [5.41, 5.74) is 0.792. The first-order valence-electron chi connectivity index (χ1n) is 8.71. The van der Waals surface area contributed by atoms with Crippen LogP contribution in [0.1, 0.15) is 15.2 Å². The highest BCUT2D eigenvalue weighted by Gasteiger charge is 2.22. The van der Waals surface area contributed by atoms with Gasteiger partial charge in [-0.25, -0.2) is 4.39 Å². The third kappa shape index (κ3) is 5.05. The molecule has 0 aliphatic carbocycles. The van der Waals surface area contributed by atoms with Crippen molar-refractivity contribution in [1.82, 2.24) is 15.1 Å². The number of carbonyl (C=O) groups is 2. The molecule has 1 aromatic heterocycles. The van der Waals surface area contributed by atoms with Gasteiger partial charge in [0.05, 0.1) is 18.5 Å². The van der Waals surface area contributed by atoms with Crippen LogP contribution in [0.15, 0.2) is 35.7 Å². The topological polar surface area (TPSA) is 61.9 Å². The lowest BCUT2D eigenvalue weighted by molar-refractivity contribution is -0.131. The molecule has 2 amide bonds. The van der Waals surface area contributed by atoms with Crippen LogP contribution in [-0.2, 0) is 11.3 Å². The first-order valence-corrected chi connectivity index (χ1v) is 9.59. The Morgan fingerprint density at radius 1 is 1.22 bits per heavy atom. The first kappa shape index (κ1) is 19.3. The lowest BCUT2D eigenvalue weighted by atomic mass is 10.1. The van der Waals surface area contributed by atoms with E-state index in [2.05, 4.69) is 10.2 Å². The summed E-state index contributed by atoms with van der Waals surface area (Å²) >= 11 is 1.34. The average Bonchev–Trinajstić information content (AvgIpc) is 3.21. The van der Waals surface area contributed by atoms with Crippen LogP contribution in [0.3, 0.4) is 0 Å². The number of rotatable bonds is 6. The largest absolute Gasteiger partial charge is 0.496 e. The zero-order chi connectivity index (χ0) is 19.2. The van der Waals surface area contributed by atoms with Gasteiger partial charge < -0.3 is 15.0 Å². The number of halogens is 1. The van der Waals surface area contributed by atoms with Crippen molar-refractivity contribution in [2.24, 2.45) is 0 Å². The van der Waals surface area contributed by atoms with Crippen LogP contribution in [0.5, 0.6) is 5.75 Å². The minimum absolute atomic E-state index is 0.00550. The Morgan fingerprint density at radius 3 is 2.67 bits per heavy atom. The zero-order valence-corrected chi connectivity index (χ0v) is 15.9. The van der Waals surface area contributed by atoms with Gasteiger partial charge in [0.2, 0.25) is 5.91 Å². The summed E-state index contributed by atoms with van der Waals surface area (Å²) in [4.78, 5) is 28.7. The number of thiophene rings is 1. The van der Waals surface area contributed by atoms with Crippen molar-refractivity contribution in [1.29, 1.82) is 0 Å². The van der Waals surface area contributed by atoms with E-state index in [0.717, 1.165) is 5.56 Å². The van der Waals surface area contributed by atoms with Gasteiger partial charge in [-0.15, -0.1) is 11.3 Å². The van der Waals surface area contributed by atoms with Gasteiger partial charge >= 0.3 is 0 Å². The Morgan fingerprint density at radius 2 is 2.00 bits per heavy atom. The molecule has 0 spiro atoms. The Hall–Kier alpha value is -2.45. The molecule has 8 heteroatoms. The second kappa shape index (κ2) is 8.96. The number of hydrogen-bond donors (Lipinski definition) is 1. The number of ether oxygens (including phenoxy) is 1. The number of amides is 2. The van der Waals surface area contributed by atoms with E-state index >= 15 is 0 Å². The van der Waals surface area contributed by atoms with Gasteiger partial charge in [-0.1, -0.05) is 6.07 Å². The number of carbonyl (C=O) groups excluding carboxylic acids is 2. The third-order valence-electron chi connectivity index (χ3n) is 4.51. The van der Waals surface area contributed by atoms with Gasteiger partial charge in [0.1, 0.15) is 11.6 Å². The fourth-order valence-electron chi connectivity index (χ4n) is 3.03. The van der Waals surface area contributed by atoms with Crippen molar-refractivity contribution in [3.8, 4) is 5.75 Å². The van der Waals surface area contributed by atoms with Crippen molar-refractivity contribution in [2.45, 2.75) is 6.54 Å². The molecule has 0 unspecified atom stereocenters. The SMILES string of the molecule is COc1ccc(F)cc1CN1CCN(C(=O)CNC(=O)c2cccs2)CC1. The predicted molar refractivity (Wildman–Crippen MR) is 101 cm³/mol. The van der Waals surface area contributed by atoms with Crippen LogP contribution in [0.25, 0.3) is 0 Å². The molecule has 27 heavy (non-hydrogen) atoms. The Bertz CT molecular complexity index is 790. The summed E-state index contributed by atoms with van der Waals surface area (Å²) in [5, 5.41) is 4.49. The molecule has 1 N–H and O–H groups in total. The maximum absolute atomic E-state index is 13.5. The maximum Gasteiger partial charge on any atom is 0.261 e. The number of hydrogen-bond acceptors (Lipinski definition) is 5. The summed E-state index contributed by atoms with van der Waals surface area (Å²) in [6.07, 6.45) is 0. The van der Waals surface area contributed by atoms with Gasteiger partial charge in [0.15, 0.2) is 0 Å². The minimum Gasteiger partial charge on any atom is -0.496 e. The quantitative estimate of drug-likeness (QED) is 0.818. The molecule has 1 aliphatic heterocycles. The molecular weight excluding hydrogens is 369 g/mol. The minimum atomic E-state index is -0.291. The highest BCUT2D eigenvalue weighted by Crippen LogP contribution is 2.21. The fourth-order valence-corrected chi connectivity index (χ4v) is 3.67. The van der Waals surface area contributed by atoms with E-state index in [1.165, 1.54) is 23.5 Å². The fraction of sp³-hybridized carbons (Fsp3) is 0.368. The van der Waals surface area contributed by atoms with E-state index in [4.69, 9.17) is 4.74 Å². The van der Waals surface area contributed by atoms with Crippen LogP contribution in [0.2, 0.25) is 0 Å². The summed E-state index contributed by atoms with van der Waals surface area (Å²) in [5.74, 6) is 0.0466. The molecule has 0 radical (unpaired) electrons. The molecule has 1 aromatic carbocycles. The maximum atomic E-state index is 13.5. The van der Waals surface area contributed by atoms with Gasteiger partial charge in [-0.3, -0.25) is 14.5 Å². The van der Waals surface area contributed by atoms with Crippen molar-refractivity contribution < 1.29 is 18.7 Å². The monoisotopic (exact) mass is 391 g/mol. The zero-order valence-electron chi connectivity index (χ0n) is 15.1. The Kier molecular flexibility index (Phi) is 6.41. The third-order valence-corrected chi connectivity index (χ3v) is 5.38. The molecule has 0 atom stereocenters. The van der Waals surface area contributed by atoms with Crippen LogP contribution in [0.4, 0.5) is 4.39 Å². The molecule has 0 saturated carbocycles. The van der Waals surface area contributed by atoms with Crippen molar-refractivity contribution in [3.63, 3.8) is 0 Å². The van der Waals surface area contributed by atoms with Crippen molar-refractivity contribution in [2.75, 3.05) is 39.8 Å². The normalized spacial score (nSPS) is 14.8. The van der Waals surface area contributed by atoms with Gasteiger partial charge in [0, 0.05) is 38.3 Å². The molecular formula is C19H22FN3O3S. The molecule has 2 heterocycles. The van der Waals surface area contributed by atoms with E-state index < -0.39 is 0 Å². The lowest BCUT2D eigenvalue weighted by Gasteiger charge is -2.35. The van der Waals surface area contributed by atoms with Crippen LogP contribution >= 0.6 is 11.3 Å². The van der Waals surface area contributed by atoms with Crippen molar-refractivity contribution in [3.05, 3.63) is 52.0 Å². The number of piperazine rings is 1. The highest BCUT2D eigenvalue weighted by molar-refractivity contribution is 7.12. The Labute approximate surface area is 161 Å². The summed E-state index contributed by atoms with van der Waals surface area (Å²) in [7, 11) is 1.57. The van der Waals surface area contributed by atoms with Crippen LogP contribution < -0.4 is 10.1 Å². The molecule has 0 bridgehead atoms. The highest BCUT2D eigenvalue weighted by atomic mass is 32.1. The second-order valence-corrected chi connectivity index (χ2v) is 7.22.